The number of hydrogen-bond donors (Lipinski definition) is 1. The van der Waals surface area contributed by atoms with Crippen molar-refractivity contribution in [2.75, 3.05) is 5.32 Å². The van der Waals surface area contributed by atoms with Crippen LogP contribution in [-0.4, -0.2) is 0 Å². The van der Waals surface area contributed by atoms with Gasteiger partial charge in [-0.25, -0.2) is 0 Å². The summed E-state index contributed by atoms with van der Waals surface area (Å²) in [7, 11) is 0. The van der Waals surface area contributed by atoms with Gasteiger partial charge in [-0.2, -0.15) is 5.26 Å². The summed E-state index contributed by atoms with van der Waals surface area (Å²) >= 11 is 0. The van der Waals surface area contributed by atoms with Crippen molar-refractivity contribution in [3.8, 4) is 6.07 Å². The molecular formula is C16H16N2. The minimum atomic E-state index is -0.312. The minimum Gasteiger partial charge on any atom is -0.366 e. The van der Waals surface area contributed by atoms with E-state index in [1.165, 1.54) is 11.1 Å². The van der Waals surface area contributed by atoms with E-state index >= 15 is 0 Å². The molecule has 0 amide bonds. The lowest BCUT2D eigenvalue weighted by Gasteiger charge is -2.14. The molecule has 0 saturated heterocycles. The molecular weight excluding hydrogens is 220 g/mol. The zero-order valence-corrected chi connectivity index (χ0v) is 10.6. The molecule has 90 valence electrons. The third-order valence-electron chi connectivity index (χ3n) is 3.08. The Kier molecular flexibility index (Phi) is 3.64. The maximum atomic E-state index is 9.25. The Morgan fingerprint density at radius 1 is 1.00 bits per heavy atom. The summed E-state index contributed by atoms with van der Waals surface area (Å²) in [5, 5.41) is 12.5. The maximum absolute atomic E-state index is 9.25. The number of nitrogens with one attached hydrogen (secondary N) is 1. The Balaban J connectivity index is 2.21. The molecule has 1 atom stereocenters. The van der Waals surface area contributed by atoms with E-state index in [-0.39, 0.29) is 6.04 Å². The number of anilines is 1. The van der Waals surface area contributed by atoms with Crippen LogP contribution in [0.3, 0.4) is 0 Å². The summed E-state index contributed by atoms with van der Waals surface area (Å²) in [6, 6.07) is 17.9. The van der Waals surface area contributed by atoms with E-state index in [2.05, 4.69) is 37.4 Å². The molecule has 18 heavy (non-hydrogen) atoms. The third-order valence-corrected chi connectivity index (χ3v) is 3.08. The molecule has 0 radical (unpaired) electrons. The van der Waals surface area contributed by atoms with Gasteiger partial charge in [0.1, 0.15) is 6.04 Å². The molecule has 2 aromatic rings. The first-order chi connectivity index (χ1) is 8.70. The fourth-order valence-corrected chi connectivity index (χ4v) is 1.83. The summed E-state index contributed by atoms with van der Waals surface area (Å²) in [6.45, 7) is 4.16. The summed E-state index contributed by atoms with van der Waals surface area (Å²) in [5.74, 6) is 0. The predicted molar refractivity (Wildman–Crippen MR) is 74.3 cm³/mol. The van der Waals surface area contributed by atoms with Crippen LogP contribution in [0, 0.1) is 25.2 Å². The number of nitrogens with zero attached hydrogens (tertiary/aromatic N) is 1. The standard InChI is InChI=1S/C16H16N2/c1-12-8-9-15(10-13(12)2)18-16(11-17)14-6-4-3-5-7-14/h3-10,16,18H,1-2H3. The van der Waals surface area contributed by atoms with Crippen LogP contribution in [0.1, 0.15) is 22.7 Å². The largest absolute Gasteiger partial charge is 0.366 e. The van der Waals surface area contributed by atoms with Gasteiger partial charge in [0, 0.05) is 5.69 Å². The molecule has 0 saturated carbocycles. The van der Waals surface area contributed by atoms with Crippen molar-refractivity contribution in [2.45, 2.75) is 19.9 Å². The quantitative estimate of drug-likeness (QED) is 0.875. The maximum Gasteiger partial charge on any atom is 0.140 e. The minimum absolute atomic E-state index is 0.312. The molecule has 2 heteroatoms. The number of aryl methyl sites for hydroxylation is 2. The monoisotopic (exact) mass is 236 g/mol. The number of benzene rings is 2. The van der Waals surface area contributed by atoms with Gasteiger partial charge in [-0.3, -0.25) is 0 Å². The molecule has 0 fully saturated rings. The summed E-state index contributed by atoms with van der Waals surface area (Å²) < 4.78 is 0. The first-order valence-electron chi connectivity index (χ1n) is 5.99. The molecule has 0 spiro atoms. The van der Waals surface area contributed by atoms with Gasteiger partial charge in [-0.15, -0.1) is 0 Å². The third kappa shape index (κ3) is 2.70. The zero-order chi connectivity index (χ0) is 13.0. The van der Waals surface area contributed by atoms with E-state index in [9.17, 15) is 5.26 Å². The molecule has 0 bridgehead atoms. The summed E-state index contributed by atoms with van der Waals surface area (Å²) in [4.78, 5) is 0. The number of rotatable bonds is 3. The van der Waals surface area contributed by atoms with Crippen molar-refractivity contribution in [1.82, 2.24) is 0 Å². The summed E-state index contributed by atoms with van der Waals surface area (Å²) in [5.41, 5.74) is 4.45. The van der Waals surface area contributed by atoms with Gasteiger partial charge in [0.2, 0.25) is 0 Å². The van der Waals surface area contributed by atoms with Crippen molar-refractivity contribution in [1.29, 1.82) is 5.26 Å². The van der Waals surface area contributed by atoms with E-state index in [0.29, 0.717) is 0 Å². The molecule has 1 N–H and O–H groups in total. The van der Waals surface area contributed by atoms with Crippen LogP contribution >= 0.6 is 0 Å². The average Bonchev–Trinajstić information content (AvgIpc) is 2.41. The second kappa shape index (κ2) is 5.37. The van der Waals surface area contributed by atoms with Crippen LogP contribution in [0.2, 0.25) is 0 Å². The normalized spacial score (nSPS) is 11.6. The average molecular weight is 236 g/mol. The van der Waals surface area contributed by atoms with Gasteiger partial charge in [-0.1, -0.05) is 36.4 Å². The molecule has 0 aliphatic heterocycles. The first kappa shape index (κ1) is 12.2. The number of nitriles is 1. The highest BCUT2D eigenvalue weighted by Gasteiger charge is 2.09. The topological polar surface area (TPSA) is 35.8 Å². The first-order valence-corrected chi connectivity index (χ1v) is 5.99. The van der Waals surface area contributed by atoms with E-state index in [1.54, 1.807) is 0 Å². The molecule has 2 nitrogen and oxygen atoms in total. The van der Waals surface area contributed by atoms with Crippen LogP contribution < -0.4 is 5.32 Å². The van der Waals surface area contributed by atoms with Crippen molar-refractivity contribution in [2.24, 2.45) is 0 Å². The lowest BCUT2D eigenvalue weighted by Crippen LogP contribution is -2.08. The Hall–Kier alpha value is -2.27. The Morgan fingerprint density at radius 3 is 2.33 bits per heavy atom. The predicted octanol–water partition coefficient (Wildman–Crippen LogP) is 3.98. The molecule has 0 aliphatic rings. The molecule has 0 aliphatic carbocycles. The highest BCUT2D eigenvalue weighted by molar-refractivity contribution is 5.51. The summed E-state index contributed by atoms with van der Waals surface area (Å²) in [6.07, 6.45) is 0. The second-order valence-corrected chi connectivity index (χ2v) is 4.42. The van der Waals surface area contributed by atoms with Crippen molar-refractivity contribution < 1.29 is 0 Å². The van der Waals surface area contributed by atoms with Gasteiger partial charge >= 0.3 is 0 Å². The van der Waals surface area contributed by atoms with Crippen LogP contribution in [0.15, 0.2) is 48.5 Å². The van der Waals surface area contributed by atoms with E-state index < -0.39 is 0 Å². The fourth-order valence-electron chi connectivity index (χ4n) is 1.83. The van der Waals surface area contributed by atoms with Crippen LogP contribution in [0.25, 0.3) is 0 Å². The number of hydrogen-bond acceptors (Lipinski definition) is 2. The van der Waals surface area contributed by atoms with Crippen molar-refractivity contribution in [3.63, 3.8) is 0 Å². The van der Waals surface area contributed by atoms with E-state index in [0.717, 1.165) is 11.3 Å². The molecule has 2 aromatic carbocycles. The SMILES string of the molecule is Cc1ccc(NC(C#N)c2ccccc2)cc1C. The van der Waals surface area contributed by atoms with Crippen LogP contribution in [0.5, 0.6) is 0 Å². The van der Waals surface area contributed by atoms with Crippen LogP contribution in [0.4, 0.5) is 5.69 Å². The van der Waals surface area contributed by atoms with Gasteiger partial charge in [0.15, 0.2) is 0 Å². The van der Waals surface area contributed by atoms with E-state index in [1.807, 2.05) is 36.4 Å². The Morgan fingerprint density at radius 2 is 1.72 bits per heavy atom. The lowest BCUT2D eigenvalue weighted by atomic mass is 10.1. The second-order valence-electron chi connectivity index (χ2n) is 4.42. The lowest BCUT2D eigenvalue weighted by molar-refractivity contribution is 0.996. The Bertz CT molecular complexity index is 567. The molecule has 2 rings (SSSR count). The van der Waals surface area contributed by atoms with E-state index in [4.69, 9.17) is 0 Å². The van der Waals surface area contributed by atoms with Crippen molar-refractivity contribution >= 4 is 5.69 Å². The zero-order valence-electron chi connectivity index (χ0n) is 10.6. The molecule has 1 unspecified atom stereocenters. The van der Waals surface area contributed by atoms with Crippen LogP contribution in [-0.2, 0) is 0 Å². The highest BCUT2D eigenvalue weighted by atomic mass is 14.9. The smallest absolute Gasteiger partial charge is 0.140 e. The van der Waals surface area contributed by atoms with Crippen molar-refractivity contribution in [3.05, 3.63) is 65.2 Å². The van der Waals surface area contributed by atoms with Gasteiger partial charge in [-0.05, 0) is 42.7 Å². The van der Waals surface area contributed by atoms with Gasteiger partial charge in [0.25, 0.3) is 0 Å². The Labute approximate surface area is 108 Å². The highest BCUT2D eigenvalue weighted by Crippen LogP contribution is 2.21. The van der Waals surface area contributed by atoms with Gasteiger partial charge in [0.05, 0.1) is 6.07 Å². The fraction of sp³-hybridized carbons (Fsp3) is 0.188. The van der Waals surface area contributed by atoms with Gasteiger partial charge < -0.3 is 5.32 Å². The molecule has 0 heterocycles. The molecule has 0 aromatic heterocycles.